The number of pyridine rings is 1. The molecule has 122 valence electrons. The van der Waals surface area contributed by atoms with E-state index in [9.17, 15) is 9.90 Å². The smallest absolute Gasteiger partial charge is 0.262 e. The lowest BCUT2D eigenvalue weighted by Gasteiger charge is -2.21. The van der Waals surface area contributed by atoms with Crippen LogP contribution in [0.25, 0.3) is 0 Å². The number of nitrogens with two attached hydrogens (primary N) is 1. The number of hydrogen-bond donors (Lipinski definition) is 3. The van der Waals surface area contributed by atoms with Gasteiger partial charge in [-0.1, -0.05) is 17.7 Å². The van der Waals surface area contributed by atoms with Gasteiger partial charge < -0.3 is 16.2 Å². The van der Waals surface area contributed by atoms with Crippen molar-refractivity contribution in [1.29, 1.82) is 0 Å². The van der Waals surface area contributed by atoms with Crippen molar-refractivity contribution in [2.24, 2.45) is 10.7 Å². The molecule has 2 heterocycles. The number of aromatic nitrogens is 1. The summed E-state index contributed by atoms with van der Waals surface area (Å²) in [6, 6.07) is 9.90. The first-order valence-electron chi connectivity index (χ1n) is 7.27. The van der Waals surface area contributed by atoms with E-state index in [1.807, 2.05) is 6.07 Å². The molecule has 0 saturated heterocycles. The fourth-order valence-corrected chi connectivity index (χ4v) is 2.58. The first-order valence-corrected chi connectivity index (χ1v) is 7.65. The average molecular weight is 343 g/mol. The number of amides is 1. The third kappa shape index (κ3) is 3.38. The van der Waals surface area contributed by atoms with Gasteiger partial charge in [0.05, 0.1) is 6.04 Å². The summed E-state index contributed by atoms with van der Waals surface area (Å²) in [4.78, 5) is 20.7. The monoisotopic (exact) mass is 342 g/mol. The van der Waals surface area contributed by atoms with E-state index < -0.39 is 5.91 Å². The van der Waals surface area contributed by atoms with Gasteiger partial charge >= 0.3 is 0 Å². The normalized spacial score (nSPS) is 17.4. The van der Waals surface area contributed by atoms with Gasteiger partial charge in [0.25, 0.3) is 5.91 Å². The van der Waals surface area contributed by atoms with E-state index in [1.165, 1.54) is 0 Å². The van der Waals surface area contributed by atoms with E-state index in [-0.39, 0.29) is 29.6 Å². The molecule has 1 atom stereocenters. The maximum atomic E-state index is 12.4. The van der Waals surface area contributed by atoms with E-state index >= 15 is 0 Å². The van der Waals surface area contributed by atoms with E-state index in [1.54, 1.807) is 42.7 Å². The molecule has 1 aliphatic rings. The van der Waals surface area contributed by atoms with Crippen LogP contribution in [0.15, 0.2) is 65.1 Å². The molecule has 4 N–H and O–H groups in total. The zero-order valence-electron chi connectivity index (χ0n) is 12.6. The van der Waals surface area contributed by atoms with Crippen molar-refractivity contribution in [1.82, 2.24) is 4.98 Å². The van der Waals surface area contributed by atoms with E-state index in [2.05, 4.69) is 15.3 Å². The Hall–Kier alpha value is -2.86. The van der Waals surface area contributed by atoms with Crippen LogP contribution in [-0.2, 0) is 4.79 Å². The highest BCUT2D eigenvalue weighted by Crippen LogP contribution is 2.29. The van der Waals surface area contributed by atoms with Crippen molar-refractivity contribution in [2.75, 3.05) is 5.32 Å². The number of aliphatic imine (C=N–C) groups is 1. The molecule has 1 unspecified atom stereocenters. The Morgan fingerprint density at radius 3 is 2.67 bits per heavy atom. The summed E-state index contributed by atoms with van der Waals surface area (Å²) in [5.41, 5.74) is 7.27. The Bertz CT molecular complexity index is 816. The highest BCUT2D eigenvalue weighted by atomic mass is 35.5. The fraction of sp³-hybridized carbons (Fsp3) is 0.118. The number of halogens is 1. The standard InChI is InChI=1S/C17H15ClN4O2/c18-11-3-5-12(6-4-11)21-17(24)15-14(23)8-13(22-16(15)19)10-2-1-7-20-9-10/h1-7,9,13,23H,8H2,(H2,19,22)(H,21,24). The molecule has 24 heavy (non-hydrogen) atoms. The number of carbonyl (C=O) groups is 1. The minimum atomic E-state index is -0.513. The van der Waals surface area contributed by atoms with Gasteiger partial charge in [-0.25, -0.2) is 0 Å². The third-order valence-electron chi connectivity index (χ3n) is 3.62. The number of rotatable bonds is 3. The summed E-state index contributed by atoms with van der Waals surface area (Å²) in [5.74, 6) is -0.609. The fourth-order valence-electron chi connectivity index (χ4n) is 2.45. The van der Waals surface area contributed by atoms with Gasteiger partial charge in [-0.3, -0.25) is 14.8 Å². The van der Waals surface area contributed by atoms with Gasteiger partial charge in [-0.2, -0.15) is 0 Å². The number of aliphatic hydroxyl groups excluding tert-OH is 1. The average Bonchev–Trinajstić information content (AvgIpc) is 2.57. The van der Waals surface area contributed by atoms with Crippen molar-refractivity contribution in [3.8, 4) is 0 Å². The van der Waals surface area contributed by atoms with E-state index in [0.29, 0.717) is 10.7 Å². The van der Waals surface area contributed by atoms with E-state index in [0.717, 1.165) is 5.56 Å². The highest BCUT2D eigenvalue weighted by molar-refractivity contribution is 6.30. The molecule has 6 nitrogen and oxygen atoms in total. The van der Waals surface area contributed by atoms with Gasteiger partial charge in [0, 0.05) is 29.5 Å². The molecule has 0 fully saturated rings. The van der Waals surface area contributed by atoms with Crippen LogP contribution >= 0.6 is 11.6 Å². The predicted molar refractivity (Wildman–Crippen MR) is 93.0 cm³/mol. The van der Waals surface area contributed by atoms with Crippen molar-refractivity contribution in [3.05, 3.63) is 70.7 Å². The molecule has 2 aromatic rings. The molecular formula is C17H15ClN4O2. The van der Waals surface area contributed by atoms with E-state index in [4.69, 9.17) is 17.3 Å². The van der Waals surface area contributed by atoms with Crippen LogP contribution in [0.1, 0.15) is 18.0 Å². The lowest BCUT2D eigenvalue weighted by molar-refractivity contribution is -0.112. The lowest BCUT2D eigenvalue weighted by atomic mass is 9.98. The zero-order valence-corrected chi connectivity index (χ0v) is 13.4. The minimum Gasteiger partial charge on any atom is -0.511 e. The Morgan fingerprint density at radius 1 is 1.29 bits per heavy atom. The molecule has 0 spiro atoms. The number of aliphatic hydroxyl groups is 1. The number of nitrogens with zero attached hydrogens (tertiary/aromatic N) is 2. The maximum absolute atomic E-state index is 12.4. The Kier molecular flexibility index (Phi) is 4.48. The second kappa shape index (κ2) is 6.72. The van der Waals surface area contributed by atoms with Crippen LogP contribution in [0.5, 0.6) is 0 Å². The number of anilines is 1. The number of dihydropyridines is 1. The van der Waals surface area contributed by atoms with Gasteiger partial charge in [0.2, 0.25) is 0 Å². The van der Waals surface area contributed by atoms with Crippen LogP contribution in [0.2, 0.25) is 5.02 Å². The molecule has 3 rings (SSSR count). The van der Waals surface area contributed by atoms with Crippen molar-refractivity contribution >= 4 is 29.0 Å². The number of hydrogen-bond acceptors (Lipinski definition) is 5. The first-order chi connectivity index (χ1) is 11.5. The third-order valence-corrected chi connectivity index (χ3v) is 3.88. The highest BCUT2D eigenvalue weighted by Gasteiger charge is 2.27. The minimum absolute atomic E-state index is 0.000864. The predicted octanol–water partition coefficient (Wildman–Crippen LogP) is 2.99. The topological polar surface area (TPSA) is 101 Å². The Balaban J connectivity index is 1.80. The van der Waals surface area contributed by atoms with Crippen LogP contribution < -0.4 is 11.1 Å². The van der Waals surface area contributed by atoms with Crippen LogP contribution in [-0.4, -0.2) is 21.8 Å². The molecule has 1 aromatic carbocycles. The molecule has 1 aliphatic heterocycles. The quantitative estimate of drug-likeness (QED) is 0.798. The summed E-state index contributed by atoms with van der Waals surface area (Å²) < 4.78 is 0. The van der Waals surface area contributed by atoms with Crippen LogP contribution in [0.3, 0.4) is 0 Å². The molecule has 0 aliphatic carbocycles. The summed E-state index contributed by atoms with van der Waals surface area (Å²) in [6.07, 6.45) is 3.50. The SMILES string of the molecule is NC1=NC(c2cccnc2)CC(O)=C1C(=O)Nc1ccc(Cl)cc1. The van der Waals surface area contributed by atoms with Crippen LogP contribution in [0.4, 0.5) is 5.69 Å². The largest absolute Gasteiger partial charge is 0.511 e. The summed E-state index contributed by atoms with van der Waals surface area (Å²) in [7, 11) is 0. The number of benzene rings is 1. The summed E-state index contributed by atoms with van der Waals surface area (Å²) in [6.45, 7) is 0. The Morgan fingerprint density at radius 2 is 2.04 bits per heavy atom. The molecule has 0 saturated carbocycles. The first kappa shape index (κ1) is 16.0. The lowest BCUT2D eigenvalue weighted by Crippen LogP contribution is -2.31. The summed E-state index contributed by atoms with van der Waals surface area (Å²) in [5, 5.41) is 13.5. The summed E-state index contributed by atoms with van der Waals surface area (Å²) >= 11 is 5.81. The van der Waals surface area contributed by atoms with Crippen molar-refractivity contribution < 1.29 is 9.90 Å². The van der Waals surface area contributed by atoms with Crippen molar-refractivity contribution in [2.45, 2.75) is 12.5 Å². The number of amidine groups is 1. The van der Waals surface area contributed by atoms with Crippen molar-refractivity contribution in [3.63, 3.8) is 0 Å². The zero-order chi connectivity index (χ0) is 17.1. The van der Waals surface area contributed by atoms with Gasteiger partial charge in [0.1, 0.15) is 17.2 Å². The molecule has 1 aromatic heterocycles. The van der Waals surface area contributed by atoms with Gasteiger partial charge in [-0.05, 0) is 35.9 Å². The number of carbonyl (C=O) groups excluding carboxylic acids is 1. The molecule has 0 bridgehead atoms. The van der Waals surface area contributed by atoms with Gasteiger partial charge in [0.15, 0.2) is 0 Å². The Labute approximate surface area is 143 Å². The second-order valence-electron chi connectivity index (χ2n) is 5.30. The second-order valence-corrected chi connectivity index (χ2v) is 5.74. The molecular weight excluding hydrogens is 328 g/mol. The van der Waals surface area contributed by atoms with Gasteiger partial charge in [-0.15, -0.1) is 0 Å². The molecule has 7 heteroatoms. The molecule has 1 amide bonds. The number of nitrogens with one attached hydrogen (secondary N) is 1. The van der Waals surface area contributed by atoms with Crippen LogP contribution in [0, 0.1) is 0 Å². The maximum Gasteiger partial charge on any atom is 0.262 e. The molecule has 0 radical (unpaired) electrons.